The summed E-state index contributed by atoms with van der Waals surface area (Å²) in [5.74, 6) is -0.745. The first kappa shape index (κ1) is 13.1. The predicted molar refractivity (Wildman–Crippen MR) is 46.5 cm³/mol. The number of aliphatic carboxylic acids is 1. The molecule has 0 fully saturated rings. The van der Waals surface area contributed by atoms with Gasteiger partial charge in [0, 0.05) is 6.42 Å². The van der Waals surface area contributed by atoms with Crippen LogP contribution in [0.15, 0.2) is 0 Å². The SMILES string of the molecule is CCC(=O)O.CCCCCN. The second-order valence-electron chi connectivity index (χ2n) is 2.24. The highest BCUT2D eigenvalue weighted by Crippen LogP contribution is 1.88. The summed E-state index contributed by atoms with van der Waals surface area (Å²) in [4.78, 5) is 9.37. The van der Waals surface area contributed by atoms with Crippen molar-refractivity contribution in [1.29, 1.82) is 0 Å². The van der Waals surface area contributed by atoms with Crippen LogP contribution in [0.25, 0.3) is 0 Å². The van der Waals surface area contributed by atoms with E-state index >= 15 is 0 Å². The Morgan fingerprint density at radius 1 is 1.36 bits per heavy atom. The van der Waals surface area contributed by atoms with Gasteiger partial charge in [-0.25, -0.2) is 0 Å². The van der Waals surface area contributed by atoms with Crippen LogP contribution in [0.1, 0.15) is 39.5 Å². The molecule has 0 rings (SSSR count). The molecule has 0 heterocycles. The van der Waals surface area contributed by atoms with E-state index in [1.165, 1.54) is 19.3 Å². The van der Waals surface area contributed by atoms with Crippen molar-refractivity contribution in [1.82, 2.24) is 0 Å². The summed E-state index contributed by atoms with van der Waals surface area (Å²) < 4.78 is 0. The van der Waals surface area contributed by atoms with Crippen LogP contribution in [0.5, 0.6) is 0 Å². The average molecular weight is 161 g/mol. The van der Waals surface area contributed by atoms with Crippen LogP contribution in [0.4, 0.5) is 0 Å². The van der Waals surface area contributed by atoms with Crippen molar-refractivity contribution in [2.24, 2.45) is 5.73 Å². The zero-order valence-corrected chi connectivity index (χ0v) is 7.47. The van der Waals surface area contributed by atoms with E-state index in [1.807, 2.05) is 0 Å². The van der Waals surface area contributed by atoms with Crippen molar-refractivity contribution < 1.29 is 9.90 Å². The average Bonchev–Trinajstić information content (AvgIpc) is 2.02. The molecule has 0 spiro atoms. The van der Waals surface area contributed by atoms with Crippen molar-refractivity contribution >= 4 is 5.97 Å². The lowest BCUT2D eigenvalue weighted by molar-refractivity contribution is -0.136. The summed E-state index contributed by atoms with van der Waals surface area (Å²) in [6.07, 6.45) is 3.98. The molecule has 11 heavy (non-hydrogen) atoms. The van der Waals surface area contributed by atoms with Gasteiger partial charge in [-0.15, -0.1) is 0 Å². The zero-order chi connectivity index (χ0) is 9.11. The van der Waals surface area contributed by atoms with Gasteiger partial charge in [0.1, 0.15) is 0 Å². The molecule has 3 N–H and O–H groups in total. The maximum atomic E-state index is 9.37. The van der Waals surface area contributed by atoms with Gasteiger partial charge >= 0.3 is 5.97 Å². The van der Waals surface area contributed by atoms with Crippen molar-refractivity contribution in [3.8, 4) is 0 Å². The molecule has 0 bridgehead atoms. The summed E-state index contributed by atoms with van der Waals surface area (Å²) in [5.41, 5.74) is 5.21. The quantitative estimate of drug-likeness (QED) is 0.616. The molecule has 3 heteroatoms. The summed E-state index contributed by atoms with van der Waals surface area (Å²) in [7, 11) is 0. The first-order valence-electron chi connectivity index (χ1n) is 4.10. The lowest BCUT2D eigenvalue weighted by Gasteiger charge is -1.86. The van der Waals surface area contributed by atoms with Gasteiger partial charge in [0.05, 0.1) is 0 Å². The van der Waals surface area contributed by atoms with E-state index in [-0.39, 0.29) is 6.42 Å². The van der Waals surface area contributed by atoms with Crippen LogP contribution >= 0.6 is 0 Å². The van der Waals surface area contributed by atoms with Crippen LogP contribution in [0, 0.1) is 0 Å². The minimum atomic E-state index is -0.745. The molecule has 3 nitrogen and oxygen atoms in total. The molecule has 68 valence electrons. The van der Waals surface area contributed by atoms with Crippen molar-refractivity contribution in [3.63, 3.8) is 0 Å². The molecule has 0 aromatic carbocycles. The molecule has 0 aliphatic heterocycles. The molecule has 0 saturated carbocycles. The van der Waals surface area contributed by atoms with Crippen LogP contribution in [0.3, 0.4) is 0 Å². The molecule has 0 aliphatic carbocycles. The lowest BCUT2D eigenvalue weighted by Crippen LogP contribution is -1.96. The Morgan fingerprint density at radius 2 is 1.82 bits per heavy atom. The summed E-state index contributed by atoms with van der Waals surface area (Å²) >= 11 is 0. The molecule has 0 atom stereocenters. The number of carboxylic acids is 1. The third-order valence-corrected chi connectivity index (χ3v) is 1.11. The maximum Gasteiger partial charge on any atom is 0.303 e. The van der Waals surface area contributed by atoms with Crippen LogP contribution in [0.2, 0.25) is 0 Å². The van der Waals surface area contributed by atoms with E-state index in [0.717, 1.165) is 6.54 Å². The number of carbonyl (C=O) groups is 1. The number of hydrogen-bond donors (Lipinski definition) is 2. The fourth-order valence-corrected chi connectivity index (χ4v) is 0.394. The Balaban J connectivity index is 0. The molecule has 0 aromatic rings. The van der Waals surface area contributed by atoms with E-state index in [4.69, 9.17) is 10.8 Å². The summed E-state index contributed by atoms with van der Waals surface area (Å²) in [6, 6.07) is 0. The summed E-state index contributed by atoms with van der Waals surface area (Å²) in [5, 5.41) is 7.72. The monoisotopic (exact) mass is 161 g/mol. The number of carboxylic acid groups (broad SMARTS) is 1. The lowest BCUT2D eigenvalue weighted by atomic mass is 10.3. The van der Waals surface area contributed by atoms with Gasteiger partial charge < -0.3 is 10.8 Å². The number of nitrogens with two attached hydrogens (primary N) is 1. The molecule has 0 aromatic heterocycles. The van der Waals surface area contributed by atoms with Crippen LogP contribution in [-0.4, -0.2) is 17.6 Å². The van der Waals surface area contributed by atoms with Crippen LogP contribution < -0.4 is 5.73 Å². The molecule has 0 saturated heterocycles. The zero-order valence-electron chi connectivity index (χ0n) is 7.47. The Labute approximate surface area is 68.6 Å². The molecular formula is C8H19NO2. The number of rotatable bonds is 4. The normalized spacial score (nSPS) is 8.27. The van der Waals surface area contributed by atoms with E-state index < -0.39 is 5.97 Å². The van der Waals surface area contributed by atoms with Gasteiger partial charge in [0.2, 0.25) is 0 Å². The van der Waals surface area contributed by atoms with Gasteiger partial charge in [-0.1, -0.05) is 26.7 Å². The van der Waals surface area contributed by atoms with Gasteiger partial charge in [0.15, 0.2) is 0 Å². The van der Waals surface area contributed by atoms with E-state index in [1.54, 1.807) is 6.92 Å². The first-order valence-corrected chi connectivity index (χ1v) is 4.10. The topological polar surface area (TPSA) is 63.3 Å². The van der Waals surface area contributed by atoms with Gasteiger partial charge in [0.25, 0.3) is 0 Å². The molecule has 0 unspecified atom stereocenters. The fraction of sp³-hybridized carbons (Fsp3) is 0.875. The van der Waals surface area contributed by atoms with E-state index in [0.29, 0.717) is 0 Å². The third-order valence-electron chi connectivity index (χ3n) is 1.11. The maximum absolute atomic E-state index is 9.37. The molecular weight excluding hydrogens is 142 g/mol. The van der Waals surface area contributed by atoms with E-state index in [9.17, 15) is 4.79 Å². The fourth-order valence-electron chi connectivity index (χ4n) is 0.394. The van der Waals surface area contributed by atoms with Crippen molar-refractivity contribution in [3.05, 3.63) is 0 Å². The molecule has 0 aliphatic rings. The highest BCUT2D eigenvalue weighted by Gasteiger charge is 1.80. The van der Waals surface area contributed by atoms with Gasteiger partial charge in [-0.3, -0.25) is 4.79 Å². The number of unbranched alkanes of at least 4 members (excludes halogenated alkanes) is 2. The Morgan fingerprint density at radius 3 is 1.91 bits per heavy atom. The second kappa shape index (κ2) is 12.1. The van der Waals surface area contributed by atoms with Gasteiger partial charge in [-0.2, -0.15) is 0 Å². The smallest absolute Gasteiger partial charge is 0.303 e. The Kier molecular flexibility index (Phi) is 14.4. The van der Waals surface area contributed by atoms with Crippen molar-refractivity contribution in [2.75, 3.05) is 6.54 Å². The van der Waals surface area contributed by atoms with Gasteiger partial charge in [-0.05, 0) is 13.0 Å². The minimum Gasteiger partial charge on any atom is -0.481 e. The third kappa shape index (κ3) is 26.5. The Hall–Kier alpha value is -0.570. The molecule has 0 amide bonds. The van der Waals surface area contributed by atoms with Crippen LogP contribution in [-0.2, 0) is 4.79 Å². The highest BCUT2D eigenvalue weighted by atomic mass is 16.4. The first-order chi connectivity index (χ1) is 5.18. The highest BCUT2D eigenvalue weighted by molar-refractivity contribution is 5.66. The van der Waals surface area contributed by atoms with E-state index in [2.05, 4.69) is 6.92 Å². The minimum absolute atomic E-state index is 0.222. The summed E-state index contributed by atoms with van der Waals surface area (Å²) in [6.45, 7) is 4.63. The Bertz CT molecular complexity index is 80.2. The molecule has 0 radical (unpaired) electrons. The number of hydrogen-bond acceptors (Lipinski definition) is 2. The van der Waals surface area contributed by atoms with Crippen molar-refractivity contribution in [2.45, 2.75) is 39.5 Å². The second-order valence-corrected chi connectivity index (χ2v) is 2.24. The standard InChI is InChI=1S/C5H13N.C3H6O2/c1-2-3-4-5-6;1-2-3(4)5/h2-6H2,1H3;2H2,1H3,(H,4,5). The largest absolute Gasteiger partial charge is 0.481 e. The predicted octanol–water partition coefficient (Wildman–Crippen LogP) is 1.62.